The van der Waals surface area contributed by atoms with Crippen molar-refractivity contribution < 1.29 is 39.4 Å². The molecule has 0 aliphatic carbocycles. The third kappa shape index (κ3) is 20.0. The monoisotopic (exact) mass is 354 g/mol. The fourth-order valence-electron chi connectivity index (χ4n) is 0. The molecule has 0 aromatic rings. The van der Waals surface area contributed by atoms with Crippen LogP contribution in [-0.4, -0.2) is 52.2 Å². The van der Waals surface area contributed by atoms with Gasteiger partial charge in [-0.3, -0.25) is 0 Å². The summed E-state index contributed by atoms with van der Waals surface area (Å²) in [6.07, 6.45) is 0. The minimum absolute atomic E-state index is 0. The molecule has 0 spiro atoms. The fraction of sp³-hybridized carbons (Fsp3) is 0. The zero-order valence-electron chi connectivity index (χ0n) is 1.31. The summed E-state index contributed by atoms with van der Waals surface area (Å²) in [5.74, 6) is 0. The molecule has 4 radical (unpaired) electrons. The first-order valence-electron chi connectivity index (χ1n) is 0. The Balaban J connectivity index is 0. The summed E-state index contributed by atoms with van der Waals surface area (Å²) in [5, 5.41) is 0. The Labute approximate surface area is 90.3 Å². The molecule has 0 nitrogen and oxygen atoms in total. The molecule has 0 amide bonds. The molecule has 0 saturated carbocycles. The van der Waals surface area contributed by atoms with Gasteiger partial charge in [-0.2, -0.15) is 0 Å². The summed E-state index contributed by atoms with van der Waals surface area (Å²) < 4.78 is 0. The number of hydrogen-bond acceptors (Lipinski definition) is 0. The van der Waals surface area contributed by atoms with E-state index in [2.05, 4.69) is 0 Å². The Morgan fingerprint density at radius 3 is 1.00 bits per heavy atom. The van der Waals surface area contributed by atoms with Crippen molar-refractivity contribution in [3.8, 4) is 0 Å². The fourth-order valence-corrected chi connectivity index (χ4v) is 0. The zero-order valence-corrected chi connectivity index (χ0v) is 7.77. The van der Waals surface area contributed by atoms with E-state index < -0.39 is 0 Å². The van der Waals surface area contributed by atoms with Crippen molar-refractivity contribution in [1.29, 1.82) is 0 Å². The standard InChI is InChI=1S/Ag.Al.Cu.H4Si.Sn.5H/h;;;1H4;;;;;;. The van der Waals surface area contributed by atoms with Gasteiger partial charge in [0, 0.05) is 39.4 Å². The molecule has 42 valence electrons. The van der Waals surface area contributed by atoms with Gasteiger partial charge in [-0.15, -0.1) is 0 Å². The minimum atomic E-state index is 0. The summed E-state index contributed by atoms with van der Waals surface area (Å²) in [5.41, 5.74) is 0. The van der Waals surface area contributed by atoms with Crippen molar-refractivity contribution in [3.63, 3.8) is 0 Å². The average Bonchev–Trinajstić information content (AvgIpc) is 0. The van der Waals surface area contributed by atoms with E-state index in [0.29, 0.717) is 0 Å². The molecule has 5 heteroatoms. The average molecular weight is 354 g/mol. The van der Waals surface area contributed by atoms with Crippen molar-refractivity contribution in [2.45, 2.75) is 0 Å². The molecule has 0 aromatic heterocycles. The Kier molecular flexibility index (Phi) is 267. The molecular formula is H9AgAlCuSiSn. The van der Waals surface area contributed by atoms with E-state index in [4.69, 9.17) is 0 Å². The van der Waals surface area contributed by atoms with Gasteiger partial charge in [0.25, 0.3) is 0 Å². The molecule has 0 atom stereocenters. The summed E-state index contributed by atoms with van der Waals surface area (Å²) >= 11 is 0. The van der Waals surface area contributed by atoms with Gasteiger partial charge in [0.15, 0.2) is 17.4 Å². The van der Waals surface area contributed by atoms with Crippen molar-refractivity contribution in [3.05, 3.63) is 0 Å². The normalized spacial score (nSPS) is 0. The summed E-state index contributed by atoms with van der Waals surface area (Å²) in [6, 6.07) is 0. The van der Waals surface area contributed by atoms with E-state index in [9.17, 15) is 0 Å². The van der Waals surface area contributed by atoms with E-state index in [1.807, 2.05) is 0 Å². The molecule has 0 rings (SSSR count). The van der Waals surface area contributed by atoms with Crippen LogP contribution in [0.25, 0.3) is 0 Å². The van der Waals surface area contributed by atoms with E-state index >= 15 is 0 Å². The quantitative estimate of drug-likeness (QED) is 0.395. The third-order valence-electron chi connectivity index (χ3n) is 0. The Hall–Kier alpha value is 2.81. The van der Waals surface area contributed by atoms with Gasteiger partial charge in [-0.1, -0.05) is 0 Å². The van der Waals surface area contributed by atoms with Crippen LogP contribution in [0.3, 0.4) is 0 Å². The zero-order chi connectivity index (χ0) is 0. The molecule has 0 heterocycles. The molecule has 0 aromatic carbocycles. The van der Waals surface area contributed by atoms with Crippen molar-refractivity contribution in [2.75, 3.05) is 0 Å². The topological polar surface area (TPSA) is 0 Å². The van der Waals surface area contributed by atoms with E-state index in [1.54, 1.807) is 0 Å². The summed E-state index contributed by atoms with van der Waals surface area (Å²) in [7, 11) is 0. The maximum atomic E-state index is 0. The van der Waals surface area contributed by atoms with Crippen molar-refractivity contribution in [2.24, 2.45) is 0 Å². The van der Waals surface area contributed by atoms with Crippen molar-refractivity contribution in [1.82, 2.24) is 0 Å². The number of rotatable bonds is 0. The SMILES string of the molecule is [Ag].[AlH3].[Cu].[SiH4].[SnH2]. The van der Waals surface area contributed by atoms with Crippen LogP contribution in [0.2, 0.25) is 0 Å². The van der Waals surface area contributed by atoms with Crippen LogP contribution in [-0.2, 0) is 39.4 Å². The van der Waals surface area contributed by atoms with E-state index in [0.717, 1.165) is 0 Å². The van der Waals surface area contributed by atoms with Gasteiger partial charge in [0.05, 0.1) is 0 Å². The number of hydrogen-bond donors (Lipinski definition) is 0. The van der Waals surface area contributed by atoms with Gasteiger partial charge in [0.2, 0.25) is 0 Å². The van der Waals surface area contributed by atoms with Crippen LogP contribution in [0.5, 0.6) is 0 Å². The predicted octanol–water partition coefficient (Wildman–Crippen LogP) is -3.56. The van der Waals surface area contributed by atoms with Gasteiger partial charge >= 0.3 is 23.9 Å². The molecule has 0 unspecified atom stereocenters. The van der Waals surface area contributed by atoms with Gasteiger partial charge in [-0.05, 0) is 11.0 Å². The first-order chi connectivity index (χ1) is 0. The van der Waals surface area contributed by atoms with E-state index in [-0.39, 0.29) is 91.7 Å². The molecule has 5 heavy (non-hydrogen) atoms. The Morgan fingerprint density at radius 1 is 1.00 bits per heavy atom. The molecule has 0 bridgehead atoms. The molecule has 0 N–H and O–H groups in total. The summed E-state index contributed by atoms with van der Waals surface area (Å²) in [6.45, 7) is 0. The predicted molar refractivity (Wildman–Crippen MR) is 29.8 cm³/mol. The molecule has 0 saturated heterocycles. The van der Waals surface area contributed by atoms with Crippen LogP contribution in [0.1, 0.15) is 0 Å². The Bertz CT molecular complexity index is 11.6. The molecule has 0 aliphatic heterocycles. The van der Waals surface area contributed by atoms with Gasteiger partial charge in [-0.25, -0.2) is 0 Å². The first kappa shape index (κ1) is 45.9. The molecular weight excluding hydrogens is 345 g/mol. The first-order valence-corrected chi connectivity index (χ1v) is 0. The molecule has 0 fully saturated rings. The van der Waals surface area contributed by atoms with Crippen molar-refractivity contribution >= 4 is 52.2 Å². The second-order valence-electron chi connectivity index (χ2n) is 0. The van der Waals surface area contributed by atoms with Crippen LogP contribution in [0, 0.1) is 0 Å². The second kappa shape index (κ2) is 29.1. The van der Waals surface area contributed by atoms with Crippen LogP contribution >= 0.6 is 0 Å². The molecule has 0 aliphatic rings. The Morgan fingerprint density at radius 2 is 1.00 bits per heavy atom. The second-order valence-corrected chi connectivity index (χ2v) is 0. The van der Waals surface area contributed by atoms with Crippen LogP contribution < -0.4 is 0 Å². The van der Waals surface area contributed by atoms with Crippen LogP contribution in [0.15, 0.2) is 0 Å². The maximum absolute atomic E-state index is 0. The third-order valence-corrected chi connectivity index (χ3v) is 0. The van der Waals surface area contributed by atoms with Gasteiger partial charge in [0.1, 0.15) is 0 Å². The van der Waals surface area contributed by atoms with Gasteiger partial charge < -0.3 is 0 Å². The summed E-state index contributed by atoms with van der Waals surface area (Å²) in [4.78, 5) is 0. The van der Waals surface area contributed by atoms with E-state index in [1.165, 1.54) is 0 Å². The van der Waals surface area contributed by atoms with Crippen LogP contribution in [0.4, 0.5) is 0 Å².